The average Bonchev–Trinajstić information content (AvgIpc) is 1.99. The summed E-state index contributed by atoms with van der Waals surface area (Å²) in [6, 6.07) is 2.19. The standard InChI is InChI=1S/C8H13N3/c1-5-11(7(2)3)10-8(4)6-9/h5,7H,1H2,2-4H3/b10-8+. The van der Waals surface area contributed by atoms with Gasteiger partial charge in [-0.2, -0.15) is 10.4 Å². The van der Waals surface area contributed by atoms with Crippen molar-refractivity contribution >= 4 is 5.71 Å². The molecule has 0 amide bonds. The molecule has 60 valence electrons. The van der Waals surface area contributed by atoms with Crippen LogP contribution in [-0.2, 0) is 0 Å². The molecular formula is C8H13N3. The van der Waals surface area contributed by atoms with E-state index in [1.807, 2.05) is 19.9 Å². The van der Waals surface area contributed by atoms with E-state index in [0.717, 1.165) is 0 Å². The Morgan fingerprint density at radius 2 is 2.27 bits per heavy atom. The fourth-order valence-electron chi connectivity index (χ4n) is 0.563. The van der Waals surface area contributed by atoms with Gasteiger partial charge in [-0.15, -0.1) is 0 Å². The highest BCUT2D eigenvalue weighted by Crippen LogP contribution is 1.98. The zero-order valence-electron chi connectivity index (χ0n) is 7.20. The summed E-state index contributed by atoms with van der Waals surface area (Å²) in [7, 11) is 0. The first-order valence-electron chi connectivity index (χ1n) is 3.48. The predicted molar refractivity (Wildman–Crippen MR) is 45.9 cm³/mol. The monoisotopic (exact) mass is 151 g/mol. The third-order valence-electron chi connectivity index (χ3n) is 1.14. The van der Waals surface area contributed by atoms with Crippen LogP contribution in [0.1, 0.15) is 20.8 Å². The minimum atomic E-state index is 0.246. The average molecular weight is 151 g/mol. The Morgan fingerprint density at radius 3 is 2.55 bits per heavy atom. The lowest BCUT2D eigenvalue weighted by Gasteiger charge is -2.17. The molecule has 0 aromatic carbocycles. The molecule has 0 aromatic rings. The van der Waals surface area contributed by atoms with Crippen LogP contribution >= 0.6 is 0 Å². The molecule has 0 aromatic heterocycles. The number of hydrogen-bond acceptors (Lipinski definition) is 3. The fourth-order valence-corrected chi connectivity index (χ4v) is 0.563. The van der Waals surface area contributed by atoms with E-state index >= 15 is 0 Å². The molecule has 0 saturated heterocycles. The van der Waals surface area contributed by atoms with Crippen LogP contribution in [0.4, 0.5) is 0 Å². The van der Waals surface area contributed by atoms with E-state index in [4.69, 9.17) is 5.26 Å². The number of hydrazone groups is 1. The summed E-state index contributed by atoms with van der Waals surface area (Å²) < 4.78 is 0. The van der Waals surface area contributed by atoms with Crippen LogP contribution < -0.4 is 0 Å². The molecule has 0 fully saturated rings. The molecule has 0 aliphatic rings. The zero-order chi connectivity index (χ0) is 8.85. The summed E-state index contributed by atoms with van der Waals surface area (Å²) in [5, 5.41) is 14.1. The Bertz CT molecular complexity index is 198. The van der Waals surface area contributed by atoms with Crippen molar-refractivity contribution in [3.05, 3.63) is 12.8 Å². The Hall–Kier alpha value is -1.30. The molecular weight excluding hydrogens is 138 g/mol. The SMILES string of the molecule is C=CN(/N=C(\C)C#N)C(C)C. The lowest BCUT2D eigenvalue weighted by Crippen LogP contribution is -2.20. The molecule has 0 saturated carbocycles. The minimum Gasteiger partial charge on any atom is -0.270 e. The van der Waals surface area contributed by atoms with Gasteiger partial charge in [-0.25, -0.2) is 0 Å². The minimum absolute atomic E-state index is 0.246. The summed E-state index contributed by atoms with van der Waals surface area (Å²) in [4.78, 5) is 0. The molecule has 0 spiro atoms. The van der Waals surface area contributed by atoms with Gasteiger partial charge in [0.15, 0.2) is 0 Å². The number of nitriles is 1. The van der Waals surface area contributed by atoms with Crippen molar-refractivity contribution in [1.82, 2.24) is 5.01 Å². The maximum Gasteiger partial charge on any atom is 0.135 e. The lowest BCUT2D eigenvalue weighted by atomic mass is 10.4. The second-order valence-electron chi connectivity index (χ2n) is 2.45. The van der Waals surface area contributed by atoms with Crippen molar-refractivity contribution in [1.29, 1.82) is 5.26 Å². The molecule has 0 atom stereocenters. The second kappa shape index (κ2) is 4.51. The zero-order valence-corrected chi connectivity index (χ0v) is 7.20. The first-order valence-corrected chi connectivity index (χ1v) is 3.48. The smallest absolute Gasteiger partial charge is 0.135 e. The van der Waals surface area contributed by atoms with E-state index in [1.54, 1.807) is 18.1 Å². The van der Waals surface area contributed by atoms with Gasteiger partial charge in [0.2, 0.25) is 0 Å². The van der Waals surface area contributed by atoms with Gasteiger partial charge >= 0.3 is 0 Å². The van der Waals surface area contributed by atoms with Crippen molar-refractivity contribution in [3.8, 4) is 6.07 Å². The van der Waals surface area contributed by atoms with Crippen LogP contribution in [0.3, 0.4) is 0 Å². The molecule has 3 heteroatoms. The highest BCUT2D eigenvalue weighted by Gasteiger charge is 2.00. The molecule has 0 aliphatic carbocycles. The Morgan fingerprint density at radius 1 is 1.73 bits per heavy atom. The summed E-state index contributed by atoms with van der Waals surface area (Å²) in [5.41, 5.74) is 0.443. The van der Waals surface area contributed by atoms with E-state index in [9.17, 15) is 0 Å². The first kappa shape index (κ1) is 9.70. The lowest BCUT2D eigenvalue weighted by molar-refractivity contribution is 0.329. The first-order chi connectivity index (χ1) is 5.11. The van der Waals surface area contributed by atoms with E-state index < -0.39 is 0 Å². The van der Waals surface area contributed by atoms with Crippen molar-refractivity contribution in [2.45, 2.75) is 26.8 Å². The predicted octanol–water partition coefficient (Wildman–Crippen LogP) is 1.74. The van der Waals surface area contributed by atoms with Gasteiger partial charge < -0.3 is 0 Å². The highest BCUT2D eigenvalue weighted by atomic mass is 15.5. The van der Waals surface area contributed by atoms with Crippen LogP contribution in [0, 0.1) is 11.3 Å². The van der Waals surface area contributed by atoms with Gasteiger partial charge in [-0.1, -0.05) is 6.58 Å². The molecule has 0 N–H and O–H groups in total. The van der Waals surface area contributed by atoms with E-state index in [-0.39, 0.29) is 6.04 Å². The van der Waals surface area contributed by atoms with E-state index in [0.29, 0.717) is 5.71 Å². The van der Waals surface area contributed by atoms with Crippen LogP contribution in [0.25, 0.3) is 0 Å². The van der Waals surface area contributed by atoms with Gasteiger partial charge in [-0.05, 0) is 20.8 Å². The Balaban J connectivity index is 4.32. The van der Waals surface area contributed by atoms with Crippen LogP contribution in [-0.4, -0.2) is 16.8 Å². The molecule has 0 unspecified atom stereocenters. The largest absolute Gasteiger partial charge is 0.270 e. The van der Waals surface area contributed by atoms with Gasteiger partial charge in [0.05, 0.1) is 0 Å². The summed E-state index contributed by atoms with van der Waals surface area (Å²) >= 11 is 0. The third kappa shape index (κ3) is 3.41. The van der Waals surface area contributed by atoms with Gasteiger partial charge in [0, 0.05) is 12.2 Å². The third-order valence-corrected chi connectivity index (χ3v) is 1.14. The molecule has 0 heterocycles. The topological polar surface area (TPSA) is 39.4 Å². The number of rotatable bonds is 3. The number of nitrogens with zero attached hydrogens (tertiary/aromatic N) is 3. The molecule has 0 bridgehead atoms. The second-order valence-corrected chi connectivity index (χ2v) is 2.45. The summed E-state index contributed by atoms with van der Waals surface area (Å²) in [6.45, 7) is 9.21. The maximum absolute atomic E-state index is 8.42. The Labute approximate surface area is 67.6 Å². The van der Waals surface area contributed by atoms with E-state index in [2.05, 4.69) is 11.7 Å². The highest BCUT2D eigenvalue weighted by molar-refractivity contribution is 5.96. The number of hydrogen-bond donors (Lipinski definition) is 0. The van der Waals surface area contributed by atoms with Crippen molar-refractivity contribution < 1.29 is 0 Å². The molecule has 3 nitrogen and oxygen atoms in total. The molecule has 11 heavy (non-hydrogen) atoms. The summed E-state index contributed by atoms with van der Waals surface area (Å²) in [5.74, 6) is 0. The maximum atomic E-state index is 8.42. The normalized spacial score (nSPS) is 11.0. The van der Waals surface area contributed by atoms with Crippen LogP contribution in [0.5, 0.6) is 0 Å². The van der Waals surface area contributed by atoms with Gasteiger partial charge in [0.25, 0.3) is 0 Å². The van der Waals surface area contributed by atoms with Crippen molar-refractivity contribution in [2.75, 3.05) is 0 Å². The molecule has 0 rings (SSSR count). The molecule has 0 aliphatic heterocycles. The van der Waals surface area contributed by atoms with E-state index in [1.165, 1.54) is 0 Å². The van der Waals surface area contributed by atoms with Crippen LogP contribution in [0.2, 0.25) is 0 Å². The quantitative estimate of drug-likeness (QED) is 0.455. The van der Waals surface area contributed by atoms with Crippen LogP contribution in [0.15, 0.2) is 17.9 Å². The molecule has 0 radical (unpaired) electrons. The fraction of sp³-hybridized carbons (Fsp3) is 0.500. The summed E-state index contributed by atoms with van der Waals surface area (Å²) in [6.07, 6.45) is 1.60. The van der Waals surface area contributed by atoms with Crippen molar-refractivity contribution in [2.24, 2.45) is 5.10 Å². The van der Waals surface area contributed by atoms with Crippen molar-refractivity contribution in [3.63, 3.8) is 0 Å². The van der Waals surface area contributed by atoms with Gasteiger partial charge in [-0.3, -0.25) is 5.01 Å². The van der Waals surface area contributed by atoms with Gasteiger partial charge in [0.1, 0.15) is 11.8 Å². The Kier molecular flexibility index (Phi) is 3.97.